The van der Waals surface area contributed by atoms with Crippen LogP contribution in [0.5, 0.6) is 0 Å². The van der Waals surface area contributed by atoms with Gasteiger partial charge in [0.1, 0.15) is 5.60 Å². The average Bonchev–Trinajstić information content (AvgIpc) is 1.74. The van der Waals surface area contributed by atoms with E-state index >= 15 is 0 Å². The first-order valence-electron chi connectivity index (χ1n) is 4.69. The van der Waals surface area contributed by atoms with Crippen LogP contribution in [0.1, 0.15) is 46.5 Å². The first-order valence-corrected chi connectivity index (χ1v) is 4.69. The smallest absolute Gasteiger partial charge is 0.306 e. The molecule has 1 saturated carbocycles. The lowest BCUT2D eigenvalue weighted by molar-refractivity contribution is -0.156. The van der Waals surface area contributed by atoms with Crippen LogP contribution in [0.4, 0.5) is 0 Å². The molecule has 0 radical (unpaired) electrons. The number of hydrogen-bond acceptors (Lipinski definition) is 2. The Labute approximate surface area is 74.3 Å². The van der Waals surface area contributed by atoms with Gasteiger partial charge in [-0.15, -0.1) is 0 Å². The van der Waals surface area contributed by atoms with Crippen molar-refractivity contribution in [2.75, 3.05) is 0 Å². The SMILES string of the molecule is CC(C)(C)OC(=O)CC1CCC1. The van der Waals surface area contributed by atoms with E-state index in [0.717, 1.165) is 0 Å². The highest BCUT2D eigenvalue weighted by Crippen LogP contribution is 2.30. The monoisotopic (exact) mass is 170 g/mol. The molecule has 1 aliphatic carbocycles. The first-order chi connectivity index (χ1) is 5.47. The molecule has 0 N–H and O–H groups in total. The second-order valence-electron chi connectivity index (χ2n) is 4.59. The molecule has 0 bridgehead atoms. The Balaban J connectivity index is 2.19. The zero-order chi connectivity index (χ0) is 9.19. The minimum absolute atomic E-state index is 0.0350. The molecule has 2 nitrogen and oxygen atoms in total. The molecule has 1 fully saturated rings. The summed E-state index contributed by atoms with van der Waals surface area (Å²) in [5.41, 5.74) is -0.319. The zero-order valence-corrected chi connectivity index (χ0v) is 8.22. The highest BCUT2D eigenvalue weighted by Gasteiger charge is 2.24. The van der Waals surface area contributed by atoms with Gasteiger partial charge in [0.2, 0.25) is 0 Å². The zero-order valence-electron chi connectivity index (χ0n) is 8.22. The van der Waals surface area contributed by atoms with Crippen LogP contribution < -0.4 is 0 Å². The maximum Gasteiger partial charge on any atom is 0.306 e. The minimum atomic E-state index is -0.319. The van der Waals surface area contributed by atoms with Gasteiger partial charge in [0.05, 0.1) is 0 Å². The Morgan fingerprint density at radius 1 is 1.42 bits per heavy atom. The lowest BCUT2D eigenvalue weighted by Crippen LogP contribution is -2.26. The fraction of sp³-hybridized carbons (Fsp3) is 0.900. The predicted octanol–water partition coefficient (Wildman–Crippen LogP) is 2.52. The predicted molar refractivity (Wildman–Crippen MR) is 47.8 cm³/mol. The number of hydrogen-bond donors (Lipinski definition) is 0. The van der Waals surface area contributed by atoms with Crippen molar-refractivity contribution in [3.05, 3.63) is 0 Å². The third-order valence-corrected chi connectivity index (χ3v) is 2.10. The van der Waals surface area contributed by atoms with Crippen LogP contribution in [-0.4, -0.2) is 11.6 Å². The molecule has 0 aromatic carbocycles. The molecule has 0 aromatic rings. The number of carbonyl (C=O) groups excluding carboxylic acids is 1. The standard InChI is InChI=1S/C10H18O2/c1-10(2,3)12-9(11)7-8-5-4-6-8/h8H,4-7H2,1-3H3. The van der Waals surface area contributed by atoms with Crippen LogP contribution in [0.25, 0.3) is 0 Å². The number of esters is 1. The van der Waals surface area contributed by atoms with Gasteiger partial charge in [-0.1, -0.05) is 6.42 Å². The second-order valence-corrected chi connectivity index (χ2v) is 4.59. The van der Waals surface area contributed by atoms with Gasteiger partial charge in [-0.05, 0) is 39.5 Å². The first kappa shape index (κ1) is 9.56. The van der Waals surface area contributed by atoms with Gasteiger partial charge in [0.15, 0.2) is 0 Å². The van der Waals surface area contributed by atoms with Crippen LogP contribution in [0, 0.1) is 5.92 Å². The average molecular weight is 170 g/mol. The van der Waals surface area contributed by atoms with Crippen LogP contribution >= 0.6 is 0 Å². The molecule has 1 rings (SSSR count). The van der Waals surface area contributed by atoms with Crippen molar-refractivity contribution in [3.63, 3.8) is 0 Å². The van der Waals surface area contributed by atoms with Crippen LogP contribution in [0.2, 0.25) is 0 Å². The largest absolute Gasteiger partial charge is 0.460 e. The highest BCUT2D eigenvalue weighted by atomic mass is 16.6. The van der Waals surface area contributed by atoms with E-state index in [4.69, 9.17) is 4.74 Å². The van der Waals surface area contributed by atoms with E-state index in [1.807, 2.05) is 20.8 Å². The van der Waals surface area contributed by atoms with Crippen molar-refractivity contribution in [2.24, 2.45) is 5.92 Å². The summed E-state index contributed by atoms with van der Waals surface area (Å²) in [5, 5.41) is 0. The fourth-order valence-electron chi connectivity index (χ4n) is 1.32. The molecule has 70 valence electrons. The number of carbonyl (C=O) groups is 1. The van der Waals surface area contributed by atoms with Crippen molar-refractivity contribution < 1.29 is 9.53 Å². The molecule has 0 spiro atoms. The van der Waals surface area contributed by atoms with Crippen LogP contribution in [-0.2, 0) is 9.53 Å². The van der Waals surface area contributed by atoms with Gasteiger partial charge < -0.3 is 4.74 Å². The Bertz CT molecular complexity index is 163. The summed E-state index contributed by atoms with van der Waals surface area (Å²) in [6.45, 7) is 5.73. The quantitative estimate of drug-likeness (QED) is 0.595. The third kappa shape index (κ3) is 3.24. The van der Waals surface area contributed by atoms with Gasteiger partial charge in [-0.3, -0.25) is 4.79 Å². The van der Waals surface area contributed by atoms with Crippen molar-refractivity contribution in [2.45, 2.75) is 52.1 Å². The van der Waals surface area contributed by atoms with Crippen molar-refractivity contribution in [3.8, 4) is 0 Å². The summed E-state index contributed by atoms with van der Waals surface area (Å²) in [5.74, 6) is 0.576. The molecule has 2 heteroatoms. The van der Waals surface area contributed by atoms with Gasteiger partial charge in [-0.2, -0.15) is 0 Å². The Hall–Kier alpha value is -0.530. The lowest BCUT2D eigenvalue weighted by atomic mass is 9.83. The van der Waals surface area contributed by atoms with Gasteiger partial charge in [0.25, 0.3) is 0 Å². The van der Waals surface area contributed by atoms with E-state index in [2.05, 4.69) is 0 Å². The lowest BCUT2D eigenvalue weighted by Gasteiger charge is -2.26. The molecule has 0 saturated heterocycles. The van der Waals surface area contributed by atoms with E-state index < -0.39 is 0 Å². The summed E-state index contributed by atoms with van der Waals surface area (Å²) < 4.78 is 5.21. The summed E-state index contributed by atoms with van der Waals surface area (Å²) in [6, 6.07) is 0. The highest BCUT2D eigenvalue weighted by molar-refractivity contribution is 5.70. The second kappa shape index (κ2) is 3.46. The molecule has 0 unspecified atom stereocenters. The number of ether oxygens (including phenoxy) is 1. The molecule has 0 atom stereocenters. The summed E-state index contributed by atoms with van der Waals surface area (Å²) in [4.78, 5) is 11.2. The van der Waals surface area contributed by atoms with E-state index in [1.54, 1.807) is 0 Å². The van der Waals surface area contributed by atoms with Gasteiger partial charge >= 0.3 is 5.97 Å². The fourth-order valence-corrected chi connectivity index (χ4v) is 1.32. The minimum Gasteiger partial charge on any atom is -0.460 e. The molecule has 1 aliphatic rings. The Morgan fingerprint density at radius 2 is 2.00 bits per heavy atom. The van der Waals surface area contributed by atoms with E-state index in [9.17, 15) is 4.79 Å². The van der Waals surface area contributed by atoms with E-state index in [1.165, 1.54) is 19.3 Å². The van der Waals surface area contributed by atoms with Crippen molar-refractivity contribution in [1.82, 2.24) is 0 Å². The van der Waals surface area contributed by atoms with Crippen LogP contribution in [0.15, 0.2) is 0 Å². The molecule has 0 aromatic heterocycles. The van der Waals surface area contributed by atoms with Gasteiger partial charge in [-0.25, -0.2) is 0 Å². The van der Waals surface area contributed by atoms with Crippen molar-refractivity contribution in [1.29, 1.82) is 0 Å². The third-order valence-electron chi connectivity index (χ3n) is 2.10. The summed E-state index contributed by atoms with van der Waals surface area (Å²) in [7, 11) is 0. The molecule has 0 heterocycles. The Kier molecular flexibility index (Phi) is 2.76. The van der Waals surface area contributed by atoms with Crippen LogP contribution in [0.3, 0.4) is 0 Å². The van der Waals surface area contributed by atoms with Gasteiger partial charge in [0, 0.05) is 6.42 Å². The number of rotatable bonds is 2. The summed E-state index contributed by atoms with van der Waals surface area (Å²) >= 11 is 0. The maximum atomic E-state index is 11.2. The maximum absolute atomic E-state index is 11.2. The van der Waals surface area contributed by atoms with Crippen molar-refractivity contribution >= 4 is 5.97 Å². The molecular weight excluding hydrogens is 152 g/mol. The normalized spacial score (nSPS) is 18.6. The topological polar surface area (TPSA) is 26.3 Å². The molecule has 0 aliphatic heterocycles. The van der Waals surface area contributed by atoms with E-state index in [-0.39, 0.29) is 11.6 Å². The molecule has 0 amide bonds. The molecular formula is C10H18O2. The molecule has 12 heavy (non-hydrogen) atoms. The van der Waals surface area contributed by atoms with E-state index in [0.29, 0.717) is 12.3 Å². The summed E-state index contributed by atoms with van der Waals surface area (Å²) in [6.07, 6.45) is 4.32. The Morgan fingerprint density at radius 3 is 2.33 bits per heavy atom.